The monoisotopic (exact) mass is 461 g/mol. The number of aromatic amines is 1. The quantitative estimate of drug-likeness (QED) is 0.395. The highest BCUT2D eigenvalue weighted by molar-refractivity contribution is 5.72. The number of aromatic nitrogens is 2. The molecule has 0 amide bonds. The molecule has 0 saturated heterocycles. The number of rotatable bonds is 9. The van der Waals surface area contributed by atoms with E-state index in [1.54, 1.807) is 0 Å². The lowest BCUT2D eigenvalue weighted by Crippen LogP contribution is -2.17. The third-order valence-electron chi connectivity index (χ3n) is 5.39. The highest BCUT2D eigenvalue weighted by Gasteiger charge is 2.10. The molecule has 4 rings (SSSR count). The average molecular weight is 462 g/mol. The van der Waals surface area contributed by atoms with Crippen LogP contribution in [0, 0.1) is 13.8 Å². The number of H-pyrrole nitrogens is 1. The summed E-state index contributed by atoms with van der Waals surface area (Å²) in [6.45, 7) is 5.71. The normalized spacial score (nSPS) is 10.9. The van der Waals surface area contributed by atoms with Crippen molar-refractivity contribution in [3.63, 3.8) is 0 Å². The summed E-state index contributed by atoms with van der Waals surface area (Å²) in [7, 11) is 0. The molecule has 0 aliphatic carbocycles. The first-order chi connectivity index (χ1) is 16.4. The molecule has 0 saturated carbocycles. The minimum atomic E-state index is -0.770. The maximum absolute atomic E-state index is 11.6. The van der Waals surface area contributed by atoms with Crippen molar-refractivity contribution in [1.29, 1.82) is 0 Å². The number of aryl methyl sites for hydroxylation is 2. The van der Waals surface area contributed by atoms with Crippen molar-refractivity contribution in [2.24, 2.45) is 5.73 Å². The van der Waals surface area contributed by atoms with E-state index in [-0.39, 0.29) is 6.54 Å². The van der Waals surface area contributed by atoms with Crippen molar-refractivity contribution < 1.29 is 14.0 Å². The van der Waals surface area contributed by atoms with E-state index in [1.165, 1.54) is 5.56 Å². The zero-order chi connectivity index (χ0) is 24.1. The van der Waals surface area contributed by atoms with Crippen LogP contribution in [-0.4, -0.2) is 22.9 Å². The van der Waals surface area contributed by atoms with E-state index in [1.807, 2.05) is 48.5 Å². The van der Waals surface area contributed by atoms with Crippen LogP contribution in [0.25, 0.3) is 11.1 Å². The van der Waals surface area contributed by atoms with Gasteiger partial charge in [-0.2, -0.15) is 0 Å². The zero-order valence-corrected chi connectivity index (χ0v) is 19.2. The highest BCUT2D eigenvalue weighted by Crippen LogP contribution is 2.31. The zero-order valence-electron chi connectivity index (χ0n) is 19.2. The van der Waals surface area contributed by atoms with Crippen LogP contribution in [0.1, 0.15) is 22.3 Å². The Morgan fingerprint density at radius 2 is 1.65 bits per heavy atom. The number of ether oxygens (including phenoxy) is 2. The van der Waals surface area contributed by atoms with Gasteiger partial charge in [0.1, 0.15) is 24.7 Å². The molecular formula is C26H27N3O5. The number of nitrogens with zero attached hydrogens (tertiary/aromatic N) is 1. The fourth-order valence-electron chi connectivity index (χ4n) is 3.90. The highest BCUT2D eigenvalue weighted by atomic mass is 16.5. The van der Waals surface area contributed by atoms with Crippen LogP contribution in [0.5, 0.6) is 11.5 Å². The molecule has 34 heavy (non-hydrogen) atoms. The Morgan fingerprint density at radius 3 is 2.29 bits per heavy atom. The molecule has 0 spiro atoms. The van der Waals surface area contributed by atoms with Crippen LogP contribution in [0.15, 0.2) is 74.8 Å². The van der Waals surface area contributed by atoms with E-state index in [4.69, 9.17) is 19.7 Å². The molecular weight excluding hydrogens is 434 g/mol. The molecule has 0 fully saturated rings. The second-order valence-corrected chi connectivity index (χ2v) is 8.05. The lowest BCUT2D eigenvalue weighted by atomic mass is 9.94. The van der Waals surface area contributed by atoms with Gasteiger partial charge in [-0.15, -0.1) is 4.74 Å². The van der Waals surface area contributed by atoms with Crippen molar-refractivity contribution in [3.8, 4) is 22.6 Å². The van der Waals surface area contributed by atoms with Crippen molar-refractivity contribution >= 4 is 0 Å². The summed E-state index contributed by atoms with van der Waals surface area (Å²) < 4.78 is 17.4. The molecule has 0 atom stereocenters. The largest absolute Gasteiger partial charge is 0.492 e. The predicted molar refractivity (Wildman–Crippen MR) is 129 cm³/mol. The van der Waals surface area contributed by atoms with Crippen LogP contribution < -0.4 is 26.7 Å². The molecule has 3 aromatic carbocycles. The Balaban J connectivity index is 1.43. The van der Waals surface area contributed by atoms with E-state index in [9.17, 15) is 9.59 Å². The maximum Gasteiger partial charge on any atom is 0.440 e. The number of benzene rings is 3. The number of nitrogens with one attached hydrogen (secondary N) is 1. The molecule has 4 aromatic rings. The second-order valence-electron chi connectivity index (χ2n) is 8.05. The Bertz CT molecular complexity index is 1360. The Labute approximate surface area is 196 Å². The van der Waals surface area contributed by atoms with Crippen molar-refractivity contribution in [3.05, 3.63) is 104 Å². The number of hydrogen-bond acceptors (Lipinski definition) is 6. The Kier molecular flexibility index (Phi) is 6.98. The van der Waals surface area contributed by atoms with Gasteiger partial charge in [0.25, 0.3) is 0 Å². The van der Waals surface area contributed by atoms with Gasteiger partial charge in [0.05, 0.1) is 6.54 Å². The van der Waals surface area contributed by atoms with Gasteiger partial charge in [-0.3, -0.25) is 0 Å². The van der Waals surface area contributed by atoms with Crippen LogP contribution >= 0.6 is 0 Å². The molecule has 0 radical (unpaired) electrons. The average Bonchev–Trinajstić information content (AvgIpc) is 3.13. The molecule has 3 N–H and O–H groups in total. The number of nitrogens with two attached hydrogens (primary N) is 1. The summed E-state index contributed by atoms with van der Waals surface area (Å²) in [6, 6.07) is 19.6. The van der Waals surface area contributed by atoms with Gasteiger partial charge in [0, 0.05) is 6.54 Å². The van der Waals surface area contributed by atoms with Crippen LogP contribution in [0.4, 0.5) is 0 Å². The molecule has 1 aromatic heterocycles. The fourth-order valence-corrected chi connectivity index (χ4v) is 3.90. The van der Waals surface area contributed by atoms with Gasteiger partial charge in [-0.1, -0.05) is 30.3 Å². The van der Waals surface area contributed by atoms with E-state index in [0.717, 1.165) is 38.3 Å². The SMILES string of the molecule is Cc1cc(OCCN)cc(C)c1-c1cccc(COc2ccc(Cn3oc(=O)[nH]c3=O)cc2)c1. The van der Waals surface area contributed by atoms with Gasteiger partial charge in [-0.05, 0) is 77.6 Å². The summed E-state index contributed by atoms with van der Waals surface area (Å²) in [5.74, 6) is 0.759. The van der Waals surface area contributed by atoms with Gasteiger partial charge in [0.15, 0.2) is 0 Å². The third kappa shape index (κ3) is 5.47. The lowest BCUT2D eigenvalue weighted by Gasteiger charge is -2.15. The Morgan fingerprint density at radius 1 is 0.912 bits per heavy atom. The Hall–Kier alpha value is -4.04. The van der Waals surface area contributed by atoms with E-state index in [2.05, 4.69) is 31.0 Å². The molecule has 0 unspecified atom stereocenters. The van der Waals surface area contributed by atoms with Crippen LogP contribution in [0.3, 0.4) is 0 Å². The summed E-state index contributed by atoms with van der Waals surface area (Å²) in [5.41, 5.74) is 11.4. The first kappa shape index (κ1) is 23.1. The number of hydrogen-bond donors (Lipinski definition) is 2. The molecule has 0 aliphatic heterocycles. The van der Waals surface area contributed by atoms with Crippen molar-refractivity contribution in [2.45, 2.75) is 27.0 Å². The van der Waals surface area contributed by atoms with E-state index in [0.29, 0.717) is 25.5 Å². The predicted octanol–water partition coefficient (Wildman–Crippen LogP) is 3.38. The molecule has 8 nitrogen and oxygen atoms in total. The topological polar surface area (TPSA) is 112 Å². The van der Waals surface area contributed by atoms with Crippen molar-refractivity contribution in [2.75, 3.05) is 13.2 Å². The standard InChI is InChI=1S/C26H27N3O5/c1-17-12-23(32-11-10-27)13-18(2)24(17)21-5-3-4-20(14-21)16-33-22-8-6-19(7-9-22)15-29-25(30)28-26(31)34-29/h3-9,12-14H,10-11,15-16,27H2,1-2H3,(H,28,30,31). The van der Waals surface area contributed by atoms with Gasteiger partial charge < -0.3 is 19.7 Å². The van der Waals surface area contributed by atoms with E-state index < -0.39 is 11.4 Å². The van der Waals surface area contributed by atoms with Crippen LogP contribution in [0.2, 0.25) is 0 Å². The molecule has 0 aliphatic rings. The first-order valence-electron chi connectivity index (χ1n) is 11.0. The lowest BCUT2D eigenvalue weighted by molar-refractivity contribution is 0.258. The van der Waals surface area contributed by atoms with Crippen molar-refractivity contribution in [1.82, 2.24) is 9.72 Å². The minimum absolute atomic E-state index is 0.161. The van der Waals surface area contributed by atoms with Gasteiger partial charge >= 0.3 is 11.4 Å². The fraction of sp³-hybridized carbons (Fsp3) is 0.231. The smallest absolute Gasteiger partial charge is 0.440 e. The molecule has 0 bridgehead atoms. The maximum atomic E-state index is 11.6. The third-order valence-corrected chi connectivity index (χ3v) is 5.39. The van der Waals surface area contributed by atoms with Gasteiger partial charge in [0.2, 0.25) is 0 Å². The first-order valence-corrected chi connectivity index (χ1v) is 11.0. The molecule has 8 heteroatoms. The molecule has 176 valence electrons. The van der Waals surface area contributed by atoms with E-state index >= 15 is 0 Å². The van der Waals surface area contributed by atoms with Crippen LogP contribution in [-0.2, 0) is 13.2 Å². The second kappa shape index (κ2) is 10.3. The summed E-state index contributed by atoms with van der Waals surface area (Å²) >= 11 is 0. The summed E-state index contributed by atoms with van der Waals surface area (Å²) in [6.07, 6.45) is 0. The minimum Gasteiger partial charge on any atom is -0.492 e. The molecule has 1 heterocycles. The van der Waals surface area contributed by atoms with Gasteiger partial charge in [-0.25, -0.2) is 14.6 Å². The summed E-state index contributed by atoms with van der Waals surface area (Å²) in [5, 5.41) is 0. The summed E-state index contributed by atoms with van der Waals surface area (Å²) in [4.78, 5) is 24.7.